The predicted octanol–water partition coefficient (Wildman–Crippen LogP) is 7.21. The van der Waals surface area contributed by atoms with Crippen LogP contribution in [0.15, 0.2) is 110 Å². The number of benzene rings is 3. The molecule has 2 fully saturated rings. The van der Waals surface area contributed by atoms with Crippen molar-refractivity contribution in [3.63, 3.8) is 0 Å². The van der Waals surface area contributed by atoms with Crippen molar-refractivity contribution in [1.82, 2.24) is 29.3 Å². The number of carbonyl (C=O) groups excluding carboxylic acids is 1. The quantitative estimate of drug-likeness (QED) is 0.186. The van der Waals surface area contributed by atoms with E-state index in [0.717, 1.165) is 85.7 Å². The summed E-state index contributed by atoms with van der Waals surface area (Å²) in [6, 6.07) is 31.7. The van der Waals surface area contributed by atoms with Gasteiger partial charge in [-0.3, -0.25) is 14.3 Å². The Morgan fingerprint density at radius 2 is 1.68 bits per heavy atom. The monoisotopic (exact) mass is 661 g/mol. The summed E-state index contributed by atoms with van der Waals surface area (Å²) >= 11 is 0. The van der Waals surface area contributed by atoms with Gasteiger partial charge in [0.05, 0.1) is 11.3 Å². The molecule has 8 rings (SSSR count). The Morgan fingerprint density at radius 3 is 2.42 bits per heavy atom. The van der Waals surface area contributed by atoms with E-state index in [4.69, 9.17) is 15.7 Å². The maximum atomic E-state index is 13.2. The van der Waals surface area contributed by atoms with Crippen LogP contribution in [0.5, 0.6) is 5.75 Å². The van der Waals surface area contributed by atoms with Crippen LogP contribution in [0.1, 0.15) is 40.7 Å². The van der Waals surface area contributed by atoms with Crippen molar-refractivity contribution in [3.8, 4) is 34.1 Å². The van der Waals surface area contributed by atoms with Gasteiger partial charge in [0.25, 0.3) is 5.91 Å². The molecule has 250 valence electrons. The summed E-state index contributed by atoms with van der Waals surface area (Å²) in [7, 11) is 0. The number of imidazole rings is 1. The van der Waals surface area contributed by atoms with Crippen molar-refractivity contribution < 1.29 is 9.90 Å². The van der Waals surface area contributed by atoms with Crippen molar-refractivity contribution >= 4 is 29.0 Å². The zero-order chi connectivity index (χ0) is 34.2. The Morgan fingerprint density at radius 1 is 0.900 bits per heavy atom. The van der Waals surface area contributed by atoms with Crippen molar-refractivity contribution in [2.24, 2.45) is 5.41 Å². The first-order chi connectivity index (χ1) is 24.4. The number of likely N-dealkylation sites (tertiary alicyclic amines) is 2. The van der Waals surface area contributed by atoms with E-state index in [2.05, 4.69) is 57.4 Å². The number of hydrogen-bond donors (Lipinski definition) is 2. The molecule has 0 aliphatic carbocycles. The van der Waals surface area contributed by atoms with Gasteiger partial charge in [0, 0.05) is 54.8 Å². The van der Waals surface area contributed by atoms with Crippen LogP contribution in [0.3, 0.4) is 0 Å². The molecule has 9 nitrogen and oxygen atoms in total. The van der Waals surface area contributed by atoms with Crippen molar-refractivity contribution in [2.45, 2.75) is 25.8 Å². The van der Waals surface area contributed by atoms with Crippen LogP contribution in [0, 0.1) is 5.41 Å². The number of anilines is 1. The van der Waals surface area contributed by atoms with Gasteiger partial charge in [-0.25, -0.2) is 15.0 Å². The molecule has 6 aromatic rings. The minimum absolute atomic E-state index is 0.0211. The number of hydrogen-bond acceptors (Lipinski definition) is 7. The largest absolute Gasteiger partial charge is 0.507 e. The number of amides is 1. The number of aromatic hydroxyl groups is 1. The molecular formula is C41H39N7O2. The van der Waals surface area contributed by atoms with Gasteiger partial charge in [-0.1, -0.05) is 61.2 Å². The molecule has 3 aromatic carbocycles. The van der Waals surface area contributed by atoms with Crippen LogP contribution < -0.4 is 5.73 Å². The SMILES string of the molecule is C=Cc1ccc(C(=O)N2CCC3(CCN(Cc4ccc(-n5c(-c6cccnc6N)nc6ccc(-c7ccccc7)nc65)cc4)C3)CC2)cc1O. The highest BCUT2D eigenvalue weighted by Crippen LogP contribution is 2.41. The lowest BCUT2D eigenvalue weighted by Gasteiger charge is -2.39. The van der Waals surface area contributed by atoms with E-state index in [0.29, 0.717) is 22.8 Å². The number of nitrogens with zero attached hydrogens (tertiary/aromatic N) is 6. The standard InChI is InChI=1S/C41H39N7O2/c1-2-29-12-13-31(25-36(29)49)40(50)47-23-19-41(20-24-47)18-22-46(27-41)26-28-10-14-32(15-11-28)48-38(33-9-6-21-43-37(33)42)45-35-17-16-34(44-39(35)48)30-7-4-3-5-8-30/h2-17,21,25,49H,1,18-20,22-24,26-27H2,(H2,42,43). The molecular weight excluding hydrogens is 622 g/mol. The van der Waals surface area contributed by atoms with E-state index in [1.54, 1.807) is 30.5 Å². The highest BCUT2D eigenvalue weighted by Gasteiger charge is 2.41. The Kier molecular flexibility index (Phi) is 8.12. The molecule has 0 atom stereocenters. The van der Waals surface area contributed by atoms with Crippen LogP contribution in [0.25, 0.3) is 45.6 Å². The first-order valence-electron chi connectivity index (χ1n) is 17.1. The third-order valence-corrected chi connectivity index (χ3v) is 10.4. The highest BCUT2D eigenvalue weighted by atomic mass is 16.3. The van der Waals surface area contributed by atoms with Crippen LogP contribution in [-0.4, -0.2) is 66.5 Å². The number of rotatable bonds is 7. The molecule has 2 aliphatic rings. The summed E-state index contributed by atoms with van der Waals surface area (Å²) in [5.74, 6) is 1.19. The van der Waals surface area contributed by atoms with Gasteiger partial charge >= 0.3 is 0 Å². The average molecular weight is 662 g/mol. The van der Waals surface area contributed by atoms with E-state index in [1.165, 1.54) is 5.56 Å². The van der Waals surface area contributed by atoms with Crippen LogP contribution >= 0.6 is 0 Å². The summed E-state index contributed by atoms with van der Waals surface area (Å²) in [5.41, 5.74) is 14.1. The second kappa shape index (κ2) is 12.9. The van der Waals surface area contributed by atoms with E-state index < -0.39 is 0 Å². The molecule has 2 saturated heterocycles. The Bertz CT molecular complexity index is 2200. The maximum absolute atomic E-state index is 13.2. The number of carbonyl (C=O) groups is 1. The maximum Gasteiger partial charge on any atom is 0.253 e. The van der Waals surface area contributed by atoms with Gasteiger partial charge in [-0.2, -0.15) is 0 Å². The highest BCUT2D eigenvalue weighted by molar-refractivity contribution is 5.95. The lowest BCUT2D eigenvalue weighted by molar-refractivity contribution is 0.0587. The van der Waals surface area contributed by atoms with Gasteiger partial charge in [-0.05, 0) is 85.3 Å². The number of piperidine rings is 1. The molecule has 1 spiro atoms. The summed E-state index contributed by atoms with van der Waals surface area (Å²) in [6.45, 7) is 8.09. The molecule has 5 heterocycles. The Balaban J connectivity index is 0.991. The number of aromatic nitrogens is 4. The number of phenols is 1. The molecule has 0 saturated carbocycles. The molecule has 50 heavy (non-hydrogen) atoms. The average Bonchev–Trinajstić information content (AvgIpc) is 3.73. The van der Waals surface area contributed by atoms with Crippen molar-refractivity contribution in [2.75, 3.05) is 31.9 Å². The number of nitrogens with two attached hydrogens (primary N) is 1. The van der Waals surface area contributed by atoms with E-state index in [9.17, 15) is 9.90 Å². The third-order valence-electron chi connectivity index (χ3n) is 10.4. The molecule has 9 heteroatoms. The smallest absolute Gasteiger partial charge is 0.253 e. The number of nitrogen functional groups attached to an aromatic ring is 1. The topological polar surface area (TPSA) is 113 Å². The molecule has 1 amide bonds. The van der Waals surface area contributed by atoms with E-state index in [-0.39, 0.29) is 17.1 Å². The first kappa shape index (κ1) is 31.5. The second-order valence-corrected chi connectivity index (χ2v) is 13.5. The molecule has 0 radical (unpaired) electrons. The summed E-state index contributed by atoms with van der Waals surface area (Å²) in [5, 5.41) is 10.2. The molecule has 2 aliphatic heterocycles. The Hall–Kier alpha value is -5.80. The molecule has 3 aromatic heterocycles. The third kappa shape index (κ3) is 5.90. The number of fused-ring (bicyclic) bond motifs is 1. The fourth-order valence-electron chi connectivity index (χ4n) is 7.55. The van der Waals surface area contributed by atoms with Crippen molar-refractivity contribution in [3.05, 3.63) is 127 Å². The minimum Gasteiger partial charge on any atom is -0.507 e. The van der Waals surface area contributed by atoms with Crippen LogP contribution in [-0.2, 0) is 6.54 Å². The van der Waals surface area contributed by atoms with Crippen molar-refractivity contribution in [1.29, 1.82) is 0 Å². The van der Waals surface area contributed by atoms with Gasteiger partial charge in [0.2, 0.25) is 0 Å². The fourth-order valence-corrected chi connectivity index (χ4v) is 7.55. The predicted molar refractivity (Wildman–Crippen MR) is 198 cm³/mol. The zero-order valence-corrected chi connectivity index (χ0v) is 27.9. The fraction of sp³-hybridized carbons (Fsp3) is 0.220. The normalized spacial score (nSPS) is 15.9. The molecule has 0 bridgehead atoms. The lowest BCUT2D eigenvalue weighted by atomic mass is 9.77. The lowest BCUT2D eigenvalue weighted by Crippen LogP contribution is -2.44. The molecule has 0 unspecified atom stereocenters. The number of pyridine rings is 2. The van der Waals surface area contributed by atoms with E-state index >= 15 is 0 Å². The summed E-state index contributed by atoms with van der Waals surface area (Å²) in [4.78, 5) is 32.1. The first-order valence-corrected chi connectivity index (χ1v) is 17.1. The minimum atomic E-state index is -0.0211. The second-order valence-electron chi connectivity index (χ2n) is 13.5. The van der Waals surface area contributed by atoms with Crippen LogP contribution in [0.2, 0.25) is 0 Å². The van der Waals surface area contributed by atoms with Gasteiger partial charge in [-0.15, -0.1) is 0 Å². The molecule has 3 N–H and O–H groups in total. The summed E-state index contributed by atoms with van der Waals surface area (Å²) < 4.78 is 2.08. The van der Waals surface area contributed by atoms with E-state index in [1.807, 2.05) is 47.4 Å². The zero-order valence-electron chi connectivity index (χ0n) is 27.9. The van der Waals surface area contributed by atoms with Crippen LogP contribution in [0.4, 0.5) is 5.82 Å². The number of phenolic OH excluding ortho intramolecular Hbond substituents is 1. The van der Waals surface area contributed by atoms with Gasteiger partial charge < -0.3 is 15.7 Å². The Labute approximate surface area is 291 Å². The van der Waals surface area contributed by atoms with Gasteiger partial charge in [0.15, 0.2) is 11.5 Å². The summed E-state index contributed by atoms with van der Waals surface area (Å²) in [6.07, 6.45) is 6.38. The van der Waals surface area contributed by atoms with Gasteiger partial charge in [0.1, 0.15) is 17.1 Å².